The third-order valence-electron chi connectivity index (χ3n) is 6.07. The molecule has 0 spiro atoms. The van der Waals surface area contributed by atoms with Crippen molar-refractivity contribution in [3.8, 4) is 11.5 Å². The van der Waals surface area contributed by atoms with E-state index in [0.29, 0.717) is 12.3 Å². The molecule has 0 aliphatic carbocycles. The van der Waals surface area contributed by atoms with Gasteiger partial charge in [0, 0.05) is 51.8 Å². The number of rotatable bonds is 7. The molecule has 2 amide bonds. The van der Waals surface area contributed by atoms with Gasteiger partial charge in [-0.3, -0.25) is 14.5 Å². The van der Waals surface area contributed by atoms with Gasteiger partial charge in [-0.15, -0.1) is 0 Å². The van der Waals surface area contributed by atoms with Gasteiger partial charge >= 0.3 is 0 Å². The highest BCUT2D eigenvalue weighted by Crippen LogP contribution is 2.32. The maximum Gasteiger partial charge on any atom is 0.246 e. The van der Waals surface area contributed by atoms with Crippen molar-refractivity contribution < 1.29 is 19.1 Å². The Morgan fingerprint density at radius 3 is 2.47 bits per heavy atom. The Morgan fingerprint density at radius 2 is 1.67 bits per heavy atom. The Balaban J connectivity index is 1.13. The Bertz CT molecular complexity index is 781. The van der Waals surface area contributed by atoms with Gasteiger partial charge in [-0.25, -0.2) is 0 Å². The van der Waals surface area contributed by atoms with E-state index >= 15 is 0 Å². The number of amides is 2. The Kier molecular flexibility index (Phi) is 6.89. The van der Waals surface area contributed by atoms with Crippen LogP contribution in [0.5, 0.6) is 11.5 Å². The smallest absolute Gasteiger partial charge is 0.246 e. The summed E-state index contributed by atoms with van der Waals surface area (Å²) in [6.07, 6.45) is 8.43. The maximum atomic E-state index is 12.5. The summed E-state index contributed by atoms with van der Waals surface area (Å²) in [5.74, 6) is 1.83. The number of hydrogen-bond acceptors (Lipinski definition) is 5. The lowest BCUT2D eigenvalue weighted by Crippen LogP contribution is -2.48. The number of nitrogens with zero attached hydrogens (tertiary/aromatic N) is 3. The quantitative estimate of drug-likeness (QED) is 0.507. The van der Waals surface area contributed by atoms with Crippen LogP contribution in [0.25, 0.3) is 6.08 Å². The SMILES string of the molecule is O=C(/C=C/c1ccc2c(c1)OCO2)N1CCN(CCCCC(=O)N2CCCC2)CC1. The summed E-state index contributed by atoms with van der Waals surface area (Å²) >= 11 is 0. The first-order valence-corrected chi connectivity index (χ1v) is 11.1. The Morgan fingerprint density at radius 1 is 0.900 bits per heavy atom. The summed E-state index contributed by atoms with van der Waals surface area (Å²) in [6.45, 7) is 6.42. The fourth-order valence-corrected chi connectivity index (χ4v) is 4.22. The van der Waals surface area contributed by atoms with Crippen LogP contribution in [0.2, 0.25) is 0 Å². The molecule has 2 fully saturated rings. The van der Waals surface area contributed by atoms with Gasteiger partial charge in [-0.1, -0.05) is 6.07 Å². The zero-order chi connectivity index (χ0) is 20.8. The van der Waals surface area contributed by atoms with E-state index in [1.54, 1.807) is 6.08 Å². The molecule has 0 unspecified atom stereocenters. The summed E-state index contributed by atoms with van der Waals surface area (Å²) in [5.41, 5.74) is 0.926. The van der Waals surface area contributed by atoms with E-state index in [4.69, 9.17) is 9.47 Å². The lowest BCUT2D eigenvalue weighted by atomic mass is 10.2. The predicted molar refractivity (Wildman–Crippen MR) is 114 cm³/mol. The lowest BCUT2D eigenvalue weighted by molar-refractivity contribution is -0.130. The Labute approximate surface area is 178 Å². The first kappa shape index (κ1) is 20.7. The molecule has 3 heterocycles. The van der Waals surface area contributed by atoms with Gasteiger partial charge in [-0.2, -0.15) is 0 Å². The van der Waals surface area contributed by atoms with Gasteiger partial charge in [0.1, 0.15) is 0 Å². The highest BCUT2D eigenvalue weighted by molar-refractivity contribution is 5.92. The number of likely N-dealkylation sites (tertiary alicyclic amines) is 1. The first-order chi connectivity index (χ1) is 14.7. The van der Waals surface area contributed by atoms with E-state index in [-0.39, 0.29) is 12.7 Å². The van der Waals surface area contributed by atoms with Crippen molar-refractivity contribution in [3.63, 3.8) is 0 Å². The summed E-state index contributed by atoms with van der Waals surface area (Å²) in [7, 11) is 0. The molecule has 3 aliphatic rings. The summed E-state index contributed by atoms with van der Waals surface area (Å²) in [5, 5.41) is 0. The van der Waals surface area contributed by atoms with Crippen molar-refractivity contribution in [1.29, 1.82) is 0 Å². The lowest BCUT2D eigenvalue weighted by Gasteiger charge is -2.34. The first-order valence-electron chi connectivity index (χ1n) is 11.1. The largest absolute Gasteiger partial charge is 0.454 e. The van der Waals surface area contributed by atoms with E-state index in [1.165, 1.54) is 0 Å². The van der Waals surface area contributed by atoms with Gasteiger partial charge < -0.3 is 19.3 Å². The molecule has 7 heteroatoms. The van der Waals surface area contributed by atoms with Crippen molar-refractivity contribution >= 4 is 17.9 Å². The number of hydrogen-bond donors (Lipinski definition) is 0. The average Bonchev–Trinajstić information content (AvgIpc) is 3.47. The van der Waals surface area contributed by atoms with E-state index in [0.717, 1.165) is 88.6 Å². The summed E-state index contributed by atoms with van der Waals surface area (Å²) < 4.78 is 10.7. The summed E-state index contributed by atoms with van der Waals surface area (Å²) in [6, 6.07) is 5.67. The van der Waals surface area contributed by atoms with Crippen molar-refractivity contribution in [2.75, 3.05) is 52.6 Å². The van der Waals surface area contributed by atoms with E-state index in [1.807, 2.05) is 34.1 Å². The molecule has 162 valence electrons. The molecule has 1 aromatic carbocycles. The fourth-order valence-electron chi connectivity index (χ4n) is 4.22. The number of ether oxygens (including phenoxy) is 2. The number of unbranched alkanes of at least 4 members (excludes halogenated alkanes) is 1. The second kappa shape index (κ2) is 9.98. The minimum Gasteiger partial charge on any atom is -0.454 e. The van der Waals surface area contributed by atoms with Crippen molar-refractivity contribution in [2.24, 2.45) is 0 Å². The third-order valence-corrected chi connectivity index (χ3v) is 6.07. The number of benzene rings is 1. The molecule has 0 bridgehead atoms. The number of carbonyl (C=O) groups excluding carboxylic acids is 2. The molecule has 0 saturated carbocycles. The molecule has 3 aliphatic heterocycles. The maximum absolute atomic E-state index is 12.5. The third kappa shape index (κ3) is 5.33. The van der Waals surface area contributed by atoms with Crippen LogP contribution < -0.4 is 9.47 Å². The predicted octanol–water partition coefficient (Wildman–Crippen LogP) is 2.37. The highest BCUT2D eigenvalue weighted by Gasteiger charge is 2.20. The molecule has 0 atom stereocenters. The van der Waals surface area contributed by atoms with Crippen molar-refractivity contribution in [1.82, 2.24) is 14.7 Å². The van der Waals surface area contributed by atoms with Crippen molar-refractivity contribution in [3.05, 3.63) is 29.8 Å². The van der Waals surface area contributed by atoms with Crippen LogP contribution in [0, 0.1) is 0 Å². The van der Waals surface area contributed by atoms with Crippen LogP contribution in [-0.4, -0.2) is 79.1 Å². The molecule has 30 heavy (non-hydrogen) atoms. The average molecular weight is 414 g/mol. The molecular formula is C23H31N3O4. The topological polar surface area (TPSA) is 62.3 Å². The van der Waals surface area contributed by atoms with Crippen LogP contribution in [0.15, 0.2) is 24.3 Å². The van der Waals surface area contributed by atoms with Crippen molar-refractivity contribution in [2.45, 2.75) is 32.1 Å². The Hall–Kier alpha value is -2.54. The van der Waals surface area contributed by atoms with E-state index in [2.05, 4.69) is 4.90 Å². The van der Waals surface area contributed by atoms with Gasteiger partial charge in [0.05, 0.1) is 0 Å². The van der Waals surface area contributed by atoms with Gasteiger partial charge in [0.2, 0.25) is 18.6 Å². The van der Waals surface area contributed by atoms with Gasteiger partial charge in [0.15, 0.2) is 11.5 Å². The van der Waals surface area contributed by atoms with E-state index < -0.39 is 0 Å². The van der Waals surface area contributed by atoms with Crippen LogP contribution in [-0.2, 0) is 9.59 Å². The van der Waals surface area contributed by atoms with Crippen LogP contribution in [0.1, 0.15) is 37.7 Å². The van der Waals surface area contributed by atoms with Crippen LogP contribution in [0.3, 0.4) is 0 Å². The van der Waals surface area contributed by atoms with Gasteiger partial charge in [-0.05, 0) is 56.0 Å². The van der Waals surface area contributed by atoms with Gasteiger partial charge in [0.25, 0.3) is 0 Å². The molecule has 4 rings (SSSR count). The summed E-state index contributed by atoms with van der Waals surface area (Å²) in [4.78, 5) is 30.9. The molecule has 0 N–H and O–H groups in total. The fraction of sp³-hybridized carbons (Fsp3) is 0.565. The minimum absolute atomic E-state index is 0.0449. The molecule has 0 aromatic heterocycles. The monoisotopic (exact) mass is 413 g/mol. The number of carbonyl (C=O) groups is 2. The van der Waals surface area contributed by atoms with Crippen LogP contribution >= 0.6 is 0 Å². The molecule has 7 nitrogen and oxygen atoms in total. The van der Waals surface area contributed by atoms with Crippen LogP contribution in [0.4, 0.5) is 0 Å². The zero-order valence-electron chi connectivity index (χ0n) is 17.6. The number of piperazine rings is 1. The second-order valence-corrected chi connectivity index (χ2v) is 8.16. The molecule has 1 aromatic rings. The number of fused-ring (bicyclic) bond motifs is 1. The molecule has 2 saturated heterocycles. The highest BCUT2D eigenvalue weighted by atomic mass is 16.7. The standard InChI is InChI=1S/C23H31N3O4/c27-22(25-11-3-4-12-25)5-1-2-10-24-13-15-26(16-14-24)23(28)9-7-19-6-8-20-21(17-19)30-18-29-20/h6-9,17H,1-5,10-16,18H2/b9-7+. The second-order valence-electron chi connectivity index (χ2n) is 8.16. The van der Waals surface area contributed by atoms with E-state index in [9.17, 15) is 9.59 Å². The molecule has 0 radical (unpaired) electrons. The molecular weight excluding hydrogens is 382 g/mol. The minimum atomic E-state index is 0.0449. The zero-order valence-corrected chi connectivity index (χ0v) is 17.6. The normalized spacial score (nSPS) is 19.1.